The van der Waals surface area contributed by atoms with E-state index in [1.54, 1.807) is 56.5 Å². The summed E-state index contributed by atoms with van der Waals surface area (Å²) in [6, 6.07) is 11.9. The van der Waals surface area contributed by atoms with Gasteiger partial charge in [0.05, 0.1) is 29.6 Å². The van der Waals surface area contributed by atoms with E-state index < -0.39 is 29.5 Å². The van der Waals surface area contributed by atoms with Crippen molar-refractivity contribution in [3.63, 3.8) is 0 Å². The Morgan fingerprint density at radius 1 is 1.14 bits per heavy atom. The van der Waals surface area contributed by atoms with Crippen molar-refractivity contribution < 1.29 is 27.5 Å². The molecular formula is C27H23F3N4O3. The van der Waals surface area contributed by atoms with E-state index in [-0.39, 0.29) is 18.1 Å². The van der Waals surface area contributed by atoms with Crippen molar-refractivity contribution in [1.29, 1.82) is 0 Å². The smallest absolute Gasteiger partial charge is 0.416 e. The second-order valence-corrected chi connectivity index (χ2v) is 8.76. The number of Topliss-reactive ketones (excluding diaryl/α,β-unsaturated/α-hetero) is 1. The number of nitrogens with one attached hydrogen (secondary N) is 3. The second-order valence-electron chi connectivity index (χ2n) is 8.76. The number of hydrogen-bond donors (Lipinski definition) is 3. The fourth-order valence-corrected chi connectivity index (χ4v) is 4.75. The van der Waals surface area contributed by atoms with Gasteiger partial charge < -0.3 is 20.0 Å². The Morgan fingerprint density at radius 2 is 1.95 bits per heavy atom. The zero-order chi connectivity index (χ0) is 26.3. The summed E-state index contributed by atoms with van der Waals surface area (Å²) in [5, 5.41) is 3.09. The molecule has 10 heteroatoms. The zero-order valence-electron chi connectivity index (χ0n) is 19.9. The first-order valence-electron chi connectivity index (χ1n) is 11.7. The maximum absolute atomic E-state index is 13.6. The molecule has 2 aromatic heterocycles. The van der Waals surface area contributed by atoms with Crippen LogP contribution < -0.4 is 5.32 Å². The number of carbonyl (C=O) groups is 2. The van der Waals surface area contributed by atoms with Crippen molar-refractivity contribution in [2.45, 2.75) is 25.9 Å². The van der Waals surface area contributed by atoms with Crippen LogP contribution >= 0.6 is 0 Å². The van der Waals surface area contributed by atoms with Gasteiger partial charge in [-0.2, -0.15) is 13.2 Å². The average Bonchev–Trinajstić information content (AvgIpc) is 3.60. The molecule has 3 aromatic rings. The number of aromatic nitrogens is 2. The number of aromatic amines is 2. The molecular weight excluding hydrogens is 485 g/mol. The Bertz CT molecular complexity index is 1460. The van der Waals surface area contributed by atoms with Gasteiger partial charge in [0.15, 0.2) is 5.78 Å². The van der Waals surface area contributed by atoms with Crippen molar-refractivity contribution in [2.75, 3.05) is 6.61 Å². The van der Waals surface area contributed by atoms with Crippen LogP contribution in [0.15, 0.2) is 76.7 Å². The molecule has 0 spiro atoms. The van der Waals surface area contributed by atoms with Gasteiger partial charge in [0.25, 0.3) is 0 Å². The summed E-state index contributed by atoms with van der Waals surface area (Å²) >= 11 is 0. The lowest BCUT2D eigenvalue weighted by molar-refractivity contribution is -0.139. The van der Waals surface area contributed by atoms with Crippen LogP contribution in [0.3, 0.4) is 0 Å². The second kappa shape index (κ2) is 9.27. The van der Waals surface area contributed by atoms with Crippen LogP contribution in [0.2, 0.25) is 0 Å². The maximum atomic E-state index is 13.6. The van der Waals surface area contributed by atoms with Gasteiger partial charge in [0.1, 0.15) is 11.5 Å². The molecule has 0 aliphatic carbocycles. The van der Waals surface area contributed by atoms with Gasteiger partial charge in [0.2, 0.25) is 0 Å². The first-order chi connectivity index (χ1) is 17.7. The summed E-state index contributed by atoms with van der Waals surface area (Å²) in [6.07, 6.45) is -1.18. The highest BCUT2D eigenvalue weighted by Crippen LogP contribution is 2.42. The van der Waals surface area contributed by atoms with Crippen LogP contribution in [0.25, 0.3) is 17.3 Å². The Hall–Kier alpha value is -4.34. The molecule has 1 aromatic carbocycles. The summed E-state index contributed by atoms with van der Waals surface area (Å²) in [5.74, 6) is -1.74. The Morgan fingerprint density at radius 3 is 2.65 bits per heavy atom. The van der Waals surface area contributed by atoms with Crippen LogP contribution in [0, 0.1) is 5.92 Å². The lowest BCUT2D eigenvalue weighted by Crippen LogP contribution is -2.42. The lowest BCUT2D eigenvalue weighted by atomic mass is 9.77. The summed E-state index contributed by atoms with van der Waals surface area (Å²) in [6.45, 7) is 3.64. The van der Waals surface area contributed by atoms with E-state index in [4.69, 9.17) is 4.74 Å². The highest BCUT2D eigenvalue weighted by Gasteiger charge is 2.48. The van der Waals surface area contributed by atoms with Crippen LogP contribution in [0.4, 0.5) is 13.2 Å². The molecule has 0 bridgehead atoms. The number of alkyl halides is 3. The molecule has 3 N–H and O–H groups in total. The Labute approximate surface area is 210 Å². The Balaban J connectivity index is 1.47. The SMILES string of the molecule is CCOC(=O)C1=C(C)NC2=N/C(=C/c3ccc(-c4cccc(C(F)(F)F)c4)[nH]3)C(=O)C2C1c1ccc[nH]1. The van der Waals surface area contributed by atoms with Crippen LogP contribution in [-0.2, 0) is 20.5 Å². The third kappa shape index (κ3) is 4.50. The highest BCUT2D eigenvalue weighted by molar-refractivity contribution is 6.21. The number of ether oxygens (including phenoxy) is 1. The van der Waals surface area contributed by atoms with Crippen LogP contribution in [-0.4, -0.2) is 34.2 Å². The third-order valence-electron chi connectivity index (χ3n) is 6.39. The Kier molecular flexibility index (Phi) is 6.10. The predicted octanol–water partition coefficient (Wildman–Crippen LogP) is 5.19. The topological polar surface area (TPSA) is 99.3 Å². The van der Waals surface area contributed by atoms with Gasteiger partial charge in [0, 0.05) is 29.0 Å². The number of aliphatic imine (C=N–C) groups is 1. The van der Waals surface area contributed by atoms with E-state index in [0.717, 1.165) is 12.1 Å². The lowest BCUT2D eigenvalue weighted by Gasteiger charge is -2.31. The number of fused-ring (bicyclic) bond motifs is 1. The summed E-state index contributed by atoms with van der Waals surface area (Å²) in [4.78, 5) is 37.1. The molecule has 7 nitrogen and oxygen atoms in total. The fourth-order valence-electron chi connectivity index (χ4n) is 4.75. The standard InChI is InChI=1S/C27H23F3N4O3/c1-3-37-26(36)21-14(2)32-25-23(22(21)19-8-5-11-31-19)24(35)20(34-25)13-17-9-10-18(33-17)15-6-4-7-16(12-15)27(28,29)30/h4-13,22-23,31,33H,3H2,1-2H3,(H,32,34)/b20-13+. The molecule has 2 unspecified atom stereocenters. The largest absolute Gasteiger partial charge is 0.463 e. The molecule has 190 valence electrons. The number of halogens is 3. The number of amidine groups is 1. The van der Waals surface area contributed by atoms with Crippen molar-refractivity contribution in [3.05, 3.63) is 88.6 Å². The molecule has 0 fully saturated rings. The molecule has 37 heavy (non-hydrogen) atoms. The number of H-pyrrole nitrogens is 2. The van der Waals surface area contributed by atoms with Gasteiger partial charge in [-0.05, 0) is 61.9 Å². The predicted molar refractivity (Wildman–Crippen MR) is 131 cm³/mol. The molecule has 0 amide bonds. The van der Waals surface area contributed by atoms with E-state index in [1.165, 1.54) is 6.07 Å². The fraction of sp³-hybridized carbons (Fsp3) is 0.222. The van der Waals surface area contributed by atoms with Crippen molar-refractivity contribution in [1.82, 2.24) is 15.3 Å². The average molecular weight is 509 g/mol. The molecule has 2 atom stereocenters. The molecule has 0 radical (unpaired) electrons. The summed E-state index contributed by atoms with van der Waals surface area (Å²) < 4.78 is 44.6. The van der Waals surface area contributed by atoms with E-state index in [9.17, 15) is 22.8 Å². The molecule has 2 aliphatic heterocycles. The molecule has 0 saturated heterocycles. The maximum Gasteiger partial charge on any atom is 0.416 e. The number of allylic oxidation sites excluding steroid dienone is 2. The number of esters is 1. The zero-order valence-corrected chi connectivity index (χ0v) is 19.9. The van der Waals surface area contributed by atoms with E-state index in [0.29, 0.717) is 39.8 Å². The van der Waals surface area contributed by atoms with E-state index in [2.05, 4.69) is 20.3 Å². The number of hydrogen-bond acceptors (Lipinski definition) is 5. The van der Waals surface area contributed by atoms with E-state index >= 15 is 0 Å². The van der Waals surface area contributed by atoms with Crippen molar-refractivity contribution in [2.24, 2.45) is 10.9 Å². The van der Waals surface area contributed by atoms with Gasteiger partial charge in [-0.15, -0.1) is 0 Å². The van der Waals surface area contributed by atoms with Gasteiger partial charge in [-0.3, -0.25) is 4.79 Å². The minimum atomic E-state index is -4.45. The molecule has 5 rings (SSSR count). The summed E-state index contributed by atoms with van der Waals surface area (Å²) in [5.41, 5.74) is 2.35. The normalized spacial score (nSPS) is 20.6. The molecule has 2 aliphatic rings. The number of rotatable bonds is 5. The summed E-state index contributed by atoms with van der Waals surface area (Å²) in [7, 11) is 0. The number of nitrogens with zero attached hydrogens (tertiary/aromatic N) is 1. The molecule has 4 heterocycles. The van der Waals surface area contributed by atoms with Crippen molar-refractivity contribution in [3.8, 4) is 11.3 Å². The quantitative estimate of drug-likeness (QED) is 0.326. The van der Waals surface area contributed by atoms with Gasteiger partial charge >= 0.3 is 12.1 Å². The number of carbonyl (C=O) groups excluding carboxylic acids is 2. The number of benzene rings is 1. The monoisotopic (exact) mass is 508 g/mol. The minimum Gasteiger partial charge on any atom is -0.463 e. The first kappa shape index (κ1) is 24.4. The van der Waals surface area contributed by atoms with Gasteiger partial charge in [-0.25, -0.2) is 9.79 Å². The van der Waals surface area contributed by atoms with Gasteiger partial charge in [-0.1, -0.05) is 12.1 Å². The van der Waals surface area contributed by atoms with Crippen LogP contribution in [0.5, 0.6) is 0 Å². The third-order valence-corrected chi connectivity index (χ3v) is 6.39. The van der Waals surface area contributed by atoms with Crippen LogP contribution in [0.1, 0.15) is 36.7 Å². The van der Waals surface area contributed by atoms with Crippen molar-refractivity contribution >= 4 is 23.7 Å². The first-order valence-corrected chi connectivity index (χ1v) is 11.7. The molecule has 0 saturated carbocycles. The van der Waals surface area contributed by atoms with E-state index in [1.807, 2.05) is 0 Å². The minimum absolute atomic E-state index is 0.166. The number of ketones is 1. The highest BCUT2D eigenvalue weighted by atomic mass is 19.4.